The molecule has 5 aromatic rings. The van der Waals surface area contributed by atoms with E-state index in [1.165, 1.54) is 12.1 Å². The molecule has 0 saturated carbocycles. The molecule has 30 heavy (non-hydrogen) atoms. The van der Waals surface area contributed by atoms with Gasteiger partial charge in [-0.2, -0.15) is 9.61 Å². The molecule has 146 valence electrons. The van der Waals surface area contributed by atoms with E-state index in [2.05, 4.69) is 0 Å². The van der Waals surface area contributed by atoms with Gasteiger partial charge in [0.1, 0.15) is 11.6 Å². The summed E-state index contributed by atoms with van der Waals surface area (Å²) in [5.41, 5.74) is 12.8. The first-order valence-electron chi connectivity index (χ1n) is 9.72. The van der Waals surface area contributed by atoms with Gasteiger partial charge in [0, 0.05) is 18.2 Å². The highest BCUT2D eigenvalue weighted by Crippen LogP contribution is 2.33. The van der Waals surface area contributed by atoms with Gasteiger partial charge in [-0.15, -0.1) is 0 Å². The first-order valence-corrected chi connectivity index (χ1v) is 9.72. The van der Waals surface area contributed by atoms with Crippen LogP contribution in [0.5, 0.6) is 0 Å². The zero-order chi connectivity index (χ0) is 20.5. The predicted octanol–water partition coefficient (Wildman–Crippen LogP) is 5.38. The average Bonchev–Trinajstić information content (AvgIpc) is 3.16. The summed E-state index contributed by atoms with van der Waals surface area (Å²) in [6, 6.07) is 26.4. The second kappa shape index (κ2) is 7.44. The molecule has 5 rings (SSSR count). The van der Waals surface area contributed by atoms with Gasteiger partial charge in [-0.25, -0.2) is 9.37 Å². The Bertz CT molecular complexity index is 1310. The minimum atomic E-state index is -0.254. The normalized spacial score (nSPS) is 11.1. The van der Waals surface area contributed by atoms with Gasteiger partial charge in [0.05, 0.1) is 11.3 Å². The average molecular weight is 394 g/mol. The SMILES string of the molecule is Nc1c(-c2ccccc2)cnc2c(-c3ccccc3)c(Cc3ccc(F)cc3)nn12. The quantitative estimate of drug-likeness (QED) is 0.445. The van der Waals surface area contributed by atoms with E-state index < -0.39 is 0 Å². The third kappa shape index (κ3) is 3.20. The molecule has 0 aliphatic rings. The largest absolute Gasteiger partial charge is 0.383 e. The van der Waals surface area contributed by atoms with Crippen molar-refractivity contribution < 1.29 is 4.39 Å². The third-order valence-electron chi connectivity index (χ3n) is 5.19. The van der Waals surface area contributed by atoms with E-state index in [1.54, 1.807) is 22.8 Å². The molecule has 0 aliphatic carbocycles. The fourth-order valence-electron chi connectivity index (χ4n) is 3.71. The molecule has 2 N–H and O–H groups in total. The maximum Gasteiger partial charge on any atom is 0.165 e. The number of hydrogen-bond acceptors (Lipinski definition) is 3. The summed E-state index contributed by atoms with van der Waals surface area (Å²) in [4.78, 5) is 4.73. The number of aromatic nitrogens is 3. The summed E-state index contributed by atoms with van der Waals surface area (Å²) in [6.07, 6.45) is 2.35. The number of anilines is 1. The summed E-state index contributed by atoms with van der Waals surface area (Å²) in [5.74, 6) is 0.282. The van der Waals surface area contributed by atoms with Crippen LogP contribution in [0, 0.1) is 5.82 Å². The summed E-state index contributed by atoms with van der Waals surface area (Å²) in [6.45, 7) is 0. The number of hydrogen-bond donors (Lipinski definition) is 1. The molecule has 0 spiro atoms. The second-order valence-corrected chi connectivity index (χ2v) is 7.15. The number of rotatable bonds is 4. The molecule has 2 aromatic heterocycles. The second-order valence-electron chi connectivity index (χ2n) is 7.15. The lowest BCUT2D eigenvalue weighted by Gasteiger charge is -2.07. The molecule has 0 saturated heterocycles. The van der Waals surface area contributed by atoms with Gasteiger partial charge in [0.25, 0.3) is 0 Å². The molecule has 3 aromatic carbocycles. The van der Waals surface area contributed by atoms with Crippen LogP contribution in [0.2, 0.25) is 0 Å². The Hall–Kier alpha value is -3.99. The van der Waals surface area contributed by atoms with E-state index in [0.717, 1.165) is 33.5 Å². The summed E-state index contributed by atoms with van der Waals surface area (Å²) in [5, 5.41) is 4.83. The van der Waals surface area contributed by atoms with E-state index in [1.807, 2.05) is 60.7 Å². The van der Waals surface area contributed by atoms with Crippen molar-refractivity contribution in [1.29, 1.82) is 0 Å². The lowest BCUT2D eigenvalue weighted by atomic mass is 10.0. The zero-order valence-electron chi connectivity index (χ0n) is 16.2. The molecule has 0 bridgehead atoms. The Kier molecular flexibility index (Phi) is 4.48. The maximum atomic E-state index is 13.3. The molecule has 2 heterocycles. The molecule has 5 heteroatoms. The lowest BCUT2D eigenvalue weighted by molar-refractivity contribution is 0.627. The molecule has 0 atom stereocenters. The van der Waals surface area contributed by atoms with E-state index >= 15 is 0 Å². The van der Waals surface area contributed by atoms with E-state index in [4.69, 9.17) is 15.8 Å². The van der Waals surface area contributed by atoms with Crippen molar-refractivity contribution in [2.24, 2.45) is 0 Å². The van der Waals surface area contributed by atoms with Crippen molar-refractivity contribution >= 4 is 11.5 Å². The number of halogens is 1. The van der Waals surface area contributed by atoms with Crippen LogP contribution in [0.25, 0.3) is 27.9 Å². The van der Waals surface area contributed by atoms with Gasteiger partial charge in [-0.05, 0) is 28.8 Å². The van der Waals surface area contributed by atoms with Crippen LogP contribution in [0.1, 0.15) is 11.3 Å². The fraction of sp³-hybridized carbons (Fsp3) is 0.0400. The number of nitrogens with two attached hydrogens (primary N) is 1. The van der Waals surface area contributed by atoms with Crippen molar-refractivity contribution in [3.05, 3.63) is 108 Å². The molecule has 0 unspecified atom stereocenters. The van der Waals surface area contributed by atoms with Gasteiger partial charge in [-0.1, -0.05) is 72.8 Å². The molecule has 0 aliphatic heterocycles. The maximum absolute atomic E-state index is 13.3. The smallest absolute Gasteiger partial charge is 0.165 e. The van der Waals surface area contributed by atoms with Crippen LogP contribution in [0.3, 0.4) is 0 Å². The first-order chi connectivity index (χ1) is 14.7. The highest BCUT2D eigenvalue weighted by Gasteiger charge is 2.19. The van der Waals surface area contributed by atoms with Crippen LogP contribution in [-0.2, 0) is 6.42 Å². The topological polar surface area (TPSA) is 56.2 Å². The van der Waals surface area contributed by atoms with Crippen LogP contribution < -0.4 is 5.73 Å². The number of fused-ring (bicyclic) bond motifs is 1. The van der Waals surface area contributed by atoms with Crippen molar-refractivity contribution in [3.63, 3.8) is 0 Å². The summed E-state index contributed by atoms with van der Waals surface area (Å²) >= 11 is 0. The summed E-state index contributed by atoms with van der Waals surface area (Å²) in [7, 11) is 0. The van der Waals surface area contributed by atoms with Crippen molar-refractivity contribution in [2.75, 3.05) is 5.73 Å². The molecule has 0 radical (unpaired) electrons. The van der Waals surface area contributed by atoms with Crippen LogP contribution in [0.15, 0.2) is 91.1 Å². The van der Waals surface area contributed by atoms with Crippen LogP contribution in [-0.4, -0.2) is 14.6 Å². The Morgan fingerprint density at radius 2 is 1.43 bits per heavy atom. The Morgan fingerprint density at radius 1 is 0.800 bits per heavy atom. The number of nitrogens with zero attached hydrogens (tertiary/aromatic N) is 3. The standard InChI is InChI=1S/C25H19FN4/c26-20-13-11-17(12-14-20)15-22-23(19-9-5-2-6-10-19)25-28-16-21(24(27)30(25)29-22)18-7-3-1-4-8-18/h1-14,16H,15,27H2. The fourth-order valence-corrected chi connectivity index (χ4v) is 3.71. The molecule has 4 nitrogen and oxygen atoms in total. The van der Waals surface area contributed by atoms with Crippen molar-refractivity contribution in [1.82, 2.24) is 14.6 Å². The molecular weight excluding hydrogens is 375 g/mol. The molecular formula is C25H19FN4. The van der Waals surface area contributed by atoms with Gasteiger partial charge >= 0.3 is 0 Å². The minimum absolute atomic E-state index is 0.254. The zero-order valence-corrected chi connectivity index (χ0v) is 16.2. The first kappa shape index (κ1) is 18.1. The highest BCUT2D eigenvalue weighted by molar-refractivity contribution is 5.84. The van der Waals surface area contributed by atoms with E-state index in [9.17, 15) is 4.39 Å². The van der Waals surface area contributed by atoms with Crippen LogP contribution in [0.4, 0.5) is 10.2 Å². The van der Waals surface area contributed by atoms with E-state index in [-0.39, 0.29) is 5.82 Å². The number of nitrogen functional groups attached to an aromatic ring is 1. The Balaban J connectivity index is 1.71. The Morgan fingerprint density at radius 3 is 2.10 bits per heavy atom. The lowest BCUT2D eigenvalue weighted by Crippen LogP contribution is -2.03. The van der Waals surface area contributed by atoms with Crippen LogP contribution >= 0.6 is 0 Å². The Labute approximate surface area is 173 Å². The summed E-state index contributed by atoms with van der Waals surface area (Å²) < 4.78 is 15.1. The van der Waals surface area contributed by atoms with Gasteiger partial charge < -0.3 is 5.73 Å². The molecule has 0 fully saturated rings. The number of benzene rings is 3. The minimum Gasteiger partial charge on any atom is -0.383 e. The molecule has 0 amide bonds. The van der Waals surface area contributed by atoms with E-state index in [0.29, 0.717) is 17.9 Å². The van der Waals surface area contributed by atoms with Gasteiger partial charge in [0.15, 0.2) is 5.65 Å². The highest BCUT2D eigenvalue weighted by atomic mass is 19.1. The van der Waals surface area contributed by atoms with Crippen molar-refractivity contribution in [3.8, 4) is 22.3 Å². The van der Waals surface area contributed by atoms with Crippen molar-refractivity contribution in [2.45, 2.75) is 6.42 Å². The monoisotopic (exact) mass is 394 g/mol. The van der Waals surface area contributed by atoms with Gasteiger partial charge in [-0.3, -0.25) is 0 Å². The van der Waals surface area contributed by atoms with Gasteiger partial charge in [0.2, 0.25) is 0 Å². The predicted molar refractivity (Wildman–Crippen MR) is 117 cm³/mol. The third-order valence-corrected chi connectivity index (χ3v) is 5.19.